The summed E-state index contributed by atoms with van der Waals surface area (Å²) in [5.41, 5.74) is 1.21. The molecular formula is C15H21NO4. The van der Waals surface area contributed by atoms with Gasteiger partial charge in [-0.15, -0.1) is 0 Å². The molecule has 0 radical (unpaired) electrons. The first-order valence-electron chi connectivity index (χ1n) is 6.74. The van der Waals surface area contributed by atoms with Crippen molar-refractivity contribution >= 4 is 11.9 Å². The highest BCUT2D eigenvalue weighted by Crippen LogP contribution is 2.12. The SMILES string of the molecule is CCOC(=O)C(C)NC(=O)COc1ccc(CC)cc1. The van der Waals surface area contributed by atoms with Crippen LogP contribution in [0.15, 0.2) is 24.3 Å². The second kappa shape index (κ2) is 8.19. The summed E-state index contributed by atoms with van der Waals surface area (Å²) < 4.78 is 10.1. The molecule has 0 heterocycles. The van der Waals surface area contributed by atoms with Gasteiger partial charge < -0.3 is 14.8 Å². The summed E-state index contributed by atoms with van der Waals surface area (Å²) in [6, 6.07) is 6.87. The second-order valence-corrected chi connectivity index (χ2v) is 4.33. The monoisotopic (exact) mass is 279 g/mol. The van der Waals surface area contributed by atoms with Gasteiger partial charge in [0, 0.05) is 0 Å². The topological polar surface area (TPSA) is 64.6 Å². The number of rotatable bonds is 7. The summed E-state index contributed by atoms with van der Waals surface area (Å²) >= 11 is 0. The van der Waals surface area contributed by atoms with Crippen molar-refractivity contribution in [1.29, 1.82) is 0 Å². The number of ether oxygens (including phenoxy) is 2. The number of hydrogen-bond acceptors (Lipinski definition) is 4. The minimum Gasteiger partial charge on any atom is -0.484 e. The van der Waals surface area contributed by atoms with Crippen molar-refractivity contribution in [2.45, 2.75) is 33.2 Å². The third-order valence-corrected chi connectivity index (χ3v) is 2.72. The van der Waals surface area contributed by atoms with E-state index in [0.29, 0.717) is 12.4 Å². The number of amides is 1. The van der Waals surface area contributed by atoms with Crippen LogP contribution in [0, 0.1) is 0 Å². The average Bonchev–Trinajstić information content (AvgIpc) is 2.45. The summed E-state index contributed by atoms with van der Waals surface area (Å²) in [4.78, 5) is 23.0. The quantitative estimate of drug-likeness (QED) is 0.771. The van der Waals surface area contributed by atoms with Crippen LogP contribution in [-0.2, 0) is 20.7 Å². The second-order valence-electron chi connectivity index (χ2n) is 4.33. The van der Waals surface area contributed by atoms with Crippen LogP contribution >= 0.6 is 0 Å². The molecule has 1 aromatic rings. The molecule has 1 rings (SSSR count). The first-order valence-corrected chi connectivity index (χ1v) is 6.74. The van der Waals surface area contributed by atoms with Crippen molar-refractivity contribution in [1.82, 2.24) is 5.32 Å². The van der Waals surface area contributed by atoms with Crippen molar-refractivity contribution in [3.8, 4) is 5.75 Å². The van der Waals surface area contributed by atoms with Gasteiger partial charge in [0.05, 0.1) is 6.61 Å². The standard InChI is InChI=1S/C15H21NO4/c1-4-12-6-8-13(9-7-12)20-10-14(17)16-11(3)15(18)19-5-2/h6-9,11H,4-5,10H2,1-3H3,(H,16,17). The van der Waals surface area contributed by atoms with Crippen LogP contribution in [0.1, 0.15) is 26.3 Å². The van der Waals surface area contributed by atoms with E-state index in [0.717, 1.165) is 6.42 Å². The van der Waals surface area contributed by atoms with Gasteiger partial charge in [-0.05, 0) is 38.0 Å². The zero-order chi connectivity index (χ0) is 15.0. The van der Waals surface area contributed by atoms with Gasteiger partial charge in [-0.2, -0.15) is 0 Å². The molecular weight excluding hydrogens is 258 g/mol. The lowest BCUT2D eigenvalue weighted by molar-refractivity contribution is -0.147. The number of hydrogen-bond donors (Lipinski definition) is 1. The van der Waals surface area contributed by atoms with Crippen LogP contribution in [-0.4, -0.2) is 31.1 Å². The maximum Gasteiger partial charge on any atom is 0.328 e. The Morgan fingerprint density at radius 2 is 1.85 bits per heavy atom. The molecule has 0 aliphatic heterocycles. The summed E-state index contributed by atoms with van der Waals surface area (Å²) in [5.74, 6) is -0.181. The van der Waals surface area contributed by atoms with E-state index in [1.807, 2.05) is 24.3 Å². The minimum atomic E-state index is -0.673. The van der Waals surface area contributed by atoms with E-state index in [-0.39, 0.29) is 12.5 Å². The Labute approximate surface area is 119 Å². The molecule has 0 saturated carbocycles. The van der Waals surface area contributed by atoms with Crippen molar-refractivity contribution < 1.29 is 19.1 Å². The molecule has 1 unspecified atom stereocenters. The lowest BCUT2D eigenvalue weighted by Crippen LogP contribution is -2.41. The summed E-state index contributed by atoms with van der Waals surface area (Å²) in [6.07, 6.45) is 0.956. The number of nitrogens with one attached hydrogen (secondary N) is 1. The maximum atomic E-state index is 11.6. The van der Waals surface area contributed by atoms with Gasteiger partial charge in [0.2, 0.25) is 0 Å². The zero-order valence-corrected chi connectivity index (χ0v) is 12.1. The van der Waals surface area contributed by atoms with Crippen LogP contribution in [0.25, 0.3) is 0 Å². The number of esters is 1. The fourth-order valence-electron chi connectivity index (χ4n) is 1.58. The molecule has 1 aromatic carbocycles. The fourth-order valence-corrected chi connectivity index (χ4v) is 1.58. The van der Waals surface area contributed by atoms with E-state index in [1.165, 1.54) is 5.56 Å². The van der Waals surface area contributed by atoms with Gasteiger partial charge in [0.1, 0.15) is 11.8 Å². The molecule has 1 N–H and O–H groups in total. The van der Waals surface area contributed by atoms with Gasteiger partial charge in [-0.1, -0.05) is 19.1 Å². The molecule has 0 bridgehead atoms. The Balaban J connectivity index is 2.37. The molecule has 110 valence electrons. The third-order valence-electron chi connectivity index (χ3n) is 2.72. The average molecular weight is 279 g/mol. The molecule has 5 heteroatoms. The van der Waals surface area contributed by atoms with E-state index >= 15 is 0 Å². The first-order chi connectivity index (χ1) is 9.56. The van der Waals surface area contributed by atoms with Crippen LogP contribution in [0.4, 0.5) is 0 Å². The highest BCUT2D eigenvalue weighted by molar-refractivity contribution is 5.84. The number of carbonyl (C=O) groups is 2. The zero-order valence-electron chi connectivity index (χ0n) is 12.1. The molecule has 5 nitrogen and oxygen atoms in total. The predicted octanol–water partition coefficient (Wildman–Crippen LogP) is 1.70. The molecule has 1 amide bonds. The molecule has 0 fully saturated rings. The van der Waals surface area contributed by atoms with Crippen LogP contribution in [0.5, 0.6) is 5.75 Å². The normalized spacial score (nSPS) is 11.6. The van der Waals surface area contributed by atoms with Crippen molar-refractivity contribution in [3.05, 3.63) is 29.8 Å². The molecule has 0 spiro atoms. The smallest absolute Gasteiger partial charge is 0.328 e. The molecule has 0 aromatic heterocycles. The number of benzene rings is 1. The molecule has 0 saturated heterocycles. The van der Waals surface area contributed by atoms with Gasteiger partial charge >= 0.3 is 5.97 Å². The molecule has 20 heavy (non-hydrogen) atoms. The van der Waals surface area contributed by atoms with Crippen LogP contribution in [0.2, 0.25) is 0 Å². The highest BCUT2D eigenvalue weighted by atomic mass is 16.5. The summed E-state index contributed by atoms with van der Waals surface area (Å²) in [7, 11) is 0. The highest BCUT2D eigenvalue weighted by Gasteiger charge is 2.16. The molecule has 0 aliphatic rings. The van der Waals surface area contributed by atoms with Crippen molar-refractivity contribution in [2.24, 2.45) is 0 Å². The largest absolute Gasteiger partial charge is 0.484 e. The maximum absolute atomic E-state index is 11.6. The summed E-state index contributed by atoms with van der Waals surface area (Å²) in [6.45, 7) is 5.52. The number of aryl methyl sites for hydroxylation is 1. The van der Waals surface area contributed by atoms with Gasteiger partial charge in [-0.25, -0.2) is 4.79 Å². The van der Waals surface area contributed by atoms with Gasteiger partial charge in [0.25, 0.3) is 5.91 Å². The van der Waals surface area contributed by atoms with Crippen LogP contribution in [0.3, 0.4) is 0 Å². The Bertz CT molecular complexity index is 442. The van der Waals surface area contributed by atoms with Crippen LogP contribution < -0.4 is 10.1 Å². The van der Waals surface area contributed by atoms with E-state index < -0.39 is 12.0 Å². The Kier molecular flexibility index (Phi) is 6.56. The Morgan fingerprint density at radius 3 is 2.40 bits per heavy atom. The van der Waals surface area contributed by atoms with Crippen molar-refractivity contribution in [2.75, 3.05) is 13.2 Å². The fraction of sp³-hybridized carbons (Fsp3) is 0.467. The Morgan fingerprint density at radius 1 is 1.20 bits per heavy atom. The van der Waals surface area contributed by atoms with E-state index in [9.17, 15) is 9.59 Å². The van der Waals surface area contributed by atoms with E-state index in [2.05, 4.69) is 12.2 Å². The van der Waals surface area contributed by atoms with Crippen molar-refractivity contribution in [3.63, 3.8) is 0 Å². The minimum absolute atomic E-state index is 0.130. The summed E-state index contributed by atoms with van der Waals surface area (Å²) in [5, 5.41) is 2.52. The lowest BCUT2D eigenvalue weighted by Gasteiger charge is -2.13. The molecule has 0 aliphatic carbocycles. The van der Waals surface area contributed by atoms with Gasteiger partial charge in [-0.3, -0.25) is 4.79 Å². The van der Waals surface area contributed by atoms with E-state index in [4.69, 9.17) is 9.47 Å². The Hall–Kier alpha value is -2.04. The third kappa shape index (κ3) is 5.30. The van der Waals surface area contributed by atoms with E-state index in [1.54, 1.807) is 13.8 Å². The lowest BCUT2D eigenvalue weighted by atomic mass is 10.2. The first kappa shape index (κ1) is 16.0. The van der Waals surface area contributed by atoms with Gasteiger partial charge in [0.15, 0.2) is 6.61 Å². The molecule has 1 atom stereocenters. The predicted molar refractivity (Wildman–Crippen MR) is 75.6 cm³/mol. The number of carbonyl (C=O) groups excluding carboxylic acids is 2.